The molecule has 0 spiro atoms. The molecule has 0 radical (unpaired) electrons. The Labute approximate surface area is 181 Å². The van der Waals surface area contributed by atoms with Gasteiger partial charge in [-0.3, -0.25) is 4.79 Å². The van der Waals surface area contributed by atoms with Gasteiger partial charge < -0.3 is 9.80 Å². The van der Waals surface area contributed by atoms with Gasteiger partial charge in [-0.25, -0.2) is 9.97 Å². The number of carbonyl (C=O) groups excluding carboxylic acids is 1. The van der Waals surface area contributed by atoms with Crippen LogP contribution in [-0.2, 0) is 11.2 Å². The van der Waals surface area contributed by atoms with Crippen LogP contribution in [0.4, 0.5) is 5.82 Å². The van der Waals surface area contributed by atoms with Gasteiger partial charge in [-0.15, -0.1) is 0 Å². The summed E-state index contributed by atoms with van der Waals surface area (Å²) in [7, 11) is 0. The molecule has 1 aromatic heterocycles. The zero-order chi connectivity index (χ0) is 21.5. The largest absolute Gasteiger partial charge is 0.353 e. The first-order valence-electron chi connectivity index (χ1n) is 11.4. The van der Waals surface area contributed by atoms with Crippen LogP contribution in [0.1, 0.15) is 62.2 Å². The molecule has 5 nitrogen and oxygen atoms in total. The number of unbranched alkanes of at least 4 members (excludes halogenated alkanes) is 1. The lowest BCUT2D eigenvalue weighted by Gasteiger charge is -2.38. The number of nitrogens with zero attached hydrogens (tertiary/aromatic N) is 4. The molecular weight excluding hydrogens is 372 g/mol. The zero-order valence-electron chi connectivity index (χ0n) is 19.0. The van der Waals surface area contributed by atoms with Gasteiger partial charge >= 0.3 is 0 Å². The van der Waals surface area contributed by atoms with Crippen LogP contribution in [-0.4, -0.2) is 47.0 Å². The summed E-state index contributed by atoms with van der Waals surface area (Å²) in [4.78, 5) is 26.8. The van der Waals surface area contributed by atoms with Crippen LogP contribution in [0.5, 0.6) is 0 Å². The Morgan fingerprint density at radius 1 is 1.03 bits per heavy atom. The Kier molecular flexibility index (Phi) is 7.83. The first kappa shape index (κ1) is 22.3. The van der Waals surface area contributed by atoms with Crippen LogP contribution in [0.2, 0.25) is 0 Å². The molecule has 1 fully saturated rings. The molecule has 1 amide bonds. The second-order valence-corrected chi connectivity index (χ2v) is 8.38. The van der Waals surface area contributed by atoms with Gasteiger partial charge in [-0.2, -0.15) is 0 Å². The number of carbonyl (C=O) groups is 1. The Bertz CT molecular complexity index is 829. The summed E-state index contributed by atoms with van der Waals surface area (Å²) >= 11 is 0. The number of rotatable bonds is 8. The van der Waals surface area contributed by atoms with Gasteiger partial charge in [0.05, 0.1) is 0 Å². The van der Waals surface area contributed by atoms with Crippen LogP contribution < -0.4 is 4.90 Å². The average Bonchev–Trinajstić information content (AvgIpc) is 2.76. The summed E-state index contributed by atoms with van der Waals surface area (Å²) in [6, 6.07) is 10.5. The van der Waals surface area contributed by atoms with E-state index < -0.39 is 0 Å². The van der Waals surface area contributed by atoms with Crippen molar-refractivity contribution < 1.29 is 4.79 Å². The zero-order valence-corrected chi connectivity index (χ0v) is 19.0. The predicted molar refractivity (Wildman–Crippen MR) is 123 cm³/mol. The SMILES string of the molecule is CCCCC(CC)C(=O)N1CCN(c2nc(C)nc(C)c2Cc2ccccc2)CC1. The molecule has 30 heavy (non-hydrogen) atoms. The Morgan fingerprint density at radius 2 is 1.73 bits per heavy atom. The molecule has 0 saturated carbocycles. The van der Waals surface area contributed by atoms with Gasteiger partial charge in [0.2, 0.25) is 5.91 Å². The molecule has 1 atom stereocenters. The van der Waals surface area contributed by atoms with Gasteiger partial charge in [-0.1, -0.05) is 57.0 Å². The smallest absolute Gasteiger partial charge is 0.225 e. The summed E-state index contributed by atoms with van der Waals surface area (Å²) in [5.74, 6) is 2.36. The number of piperazine rings is 1. The molecule has 0 bridgehead atoms. The van der Waals surface area contributed by atoms with Gasteiger partial charge in [-0.05, 0) is 32.3 Å². The number of benzene rings is 1. The van der Waals surface area contributed by atoms with Crippen molar-refractivity contribution in [3.63, 3.8) is 0 Å². The normalized spacial score (nSPS) is 15.3. The van der Waals surface area contributed by atoms with E-state index in [4.69, 9.17) is 4.98 Å². The minimum absolute atomic E-state index is 0.175. The van der Waals surface area contributed by atoms with Crippen molar-refractivity contribution in [2.45, 2.75) is 59.8 Å². The molecule has 2 heterocycles. The fourth-order valence-corrected chi connectivity index (χ4v) is 4.34. The quantitative estimate of drug-likeness (QED) is 0.643. The maximum absolute atomic E-state index is 13.0. The maximum atomic E-state index is 13.0. The molecule has 1 aliphatic rings. The fraction of sp³-hybridized carbons (Fsp3) is 0.560. The summed E-state index contributed by atoms with van der Waals surface area (Å²) in [5, 5.41) is 0. The summed E-state index contributed by atoms with van der Waals surface area (Å²) in [6.45, 7) is 11.6. The second kappa shape index (κ2) is 10.6. The number of aryl methyl sites for hydroxylation is 2. The predicted octanol–water partition coefficient (Wildman–Crippen LogP) is 4.55. The Morgan fingerprint density at radius 3 is 2.37 bits per heavy atom. The van der Waals surface area contributed by atoms with Crippen molar-refractivity contribution in [3.8, 4) is 0 Å². The van der Waals surface area contributed by atoms with Crippen molar-refractivity contribution in [1.29, 1.82) is 0 Å². The van der Waals surface area contributed by atoms with Crippen LogP contribution in [0.3, 0.4) is 0 Å². The Balaban J connectivity index is 1.73. The van der Waals surface area contributed by atoms with Crippen molar-refractivity contribution >= 4 is 11.7 Å². The molecule has 1 saturated heterocycles. The van der Waals surface area contributed by atoms with E-state index in [0.29, 0.717) is 5.91 Å². The molecule has 3 rings (SSSR count). The van der Waals surface area contributed by atoms with Crippen molar-refractivity contribution in [2.24, 2.45) is 5.92 Å². The van der Waals surface area contributed by atoms with E-state index in [1.807, 2.05) is 13.0 Å². The lowest BCUT2D eigenvalue weighted by atomic mass is 9.97. The topological polar surface area (TPSA) is 49.3 Å². The van der Waals surface area contributed by atoms with E-state index in [9.17, 15) is 4.79 Å². The van der Waals surface area contributed by atoms with E-state index >= 15 is 0 Å². The molecular formula is C25H36N4O. The molecule has 1 aromatic carbocycles. The first-order valence-corrected chi connectivity index (χ1v) is 11.4. The highest BCUT2D eigenvalue weighted by Crippen LogP contribution is 2.26. The summed E-state index contributed by atoms with van der Waals surface area (Å²) in [6.07, 6.45) is 5.05. The number of hydrogen-bond donors (Lipinski definition) is 0. The van der Waals surface area contributed by atoms with E-state index in [-0.39, 0.29) is 5.92 Å². The fourth-order valence-electron chi connectivity index (χ4n) is 4.34. The highest BCUT2D eigenvalue weighted by molar-refractivity contribution is 5.79. The van der Waals surface area contributed by atoms with Gasteiger partial charge in [0.15, 0.2) is 0 Å². The molecule has 162 valence electrons. The Hall–Kier alpha value is -2.43. The number of amides is 1. The minimum Gasteiger partial charge on any atom is -0.353 e. The lowest BCUT2D eigenvalue weighted by Crippen LogP contribution is -2.51. The van der Waals surface area contributed by atoms with Crippen molar-refractivity contribution in [2.75, 3.05) is 31.1 Å². The number of aromatic nitrogens is 2. The summed E-state index contributed by atoms with van der Waals surface area (Å²) < 4.78 is 0. The van der Waals surface area contributed by atoms with Gasteiger partial charge in [0.25, 0.3) is 0 Å². The molecule has 1 unspecified atom stereocenters. The molecule has 0 aliphatic carbocycles. The average molecular weight is 409 g/mol. The van der Waals surface area contributed by atoms with Gasteiger partial charge in [0, 0.05) is 49.8 Å². The third kappa shape index (κ3) is 5.38. The summed E-state index contributed by atoms with van der Waals surface area (Å²) in [5.41, 5.74) is 3.51. The first-order chi connectivity index (χ1) is 14.5. The standard InChI is InChI=1S/C25H36N4O/c1-5-7-13-22(6-2)25(30)29-16-14-28(15-17-29)24-23(19(3)26-20(4)27-24)18-21-11-9-8-10-12-21/h8-12,22H,5-7,13-18H2,1-4H3. The van der Waals surface area contributed by atoms with E-state index in [2.05, 4.69) is 59.8 Å². The maximum Gasteiger partial charge on any atom is 0.225 e. The monoisotopic (exact) mass is 408 g/mol. The lowest BCUT2D eigenvalue weighted by molar-refractivity contribution is -0.136. The highest BCUT2D eigenvalue weighted by atomic mass is 16.2. The van der Waals surface area contributed by atoms with E-state index in [0.717, 1.165) is 75.6 Å². The molecule has 1 aliphatic heterocycles. The molecule has 5 heteroatoms. The van der Waals surface area contributed by atoms with Crippen LogP contribution >= 0.6 is 0 Å². The number of anilines is 1. The molecule has 0 N–H and O–H groups in total. The highest BCUT2D eigenvalue weighted by Gasteiger charge is 2.28. The van der Waals surface area contributed by atoms with Crippen molar-refractivity contribution in [3.05, 3.63) is 53.0 Å². The van der Waals surface area contributed by atoms with Crippen LogP contribution in [0.25, 0.3) is 0 Å². The second-order valence-electron chi connectivity index (χ2n) is 8.38. The van der Waals surface area contributed by atoms with Crippen molar-refractivity contribution in [1.82, 2.24) is 14.9 Å². The van der Waals surface area contributed by atoms with Crippen LogP contribution in [0, 0.1) is 19.8 Å². The van der Waals surface area contributed by atoms with E-state index in [1.54, 1.807) is 0 Å². The third-order valence-corrected chi connectivity index (χ3v) is 6.17. The molecule has 2 aromatic rings. The minimum atomic E-state index is 0.175. The van der Waals surface area contributed by atoms with Gasteiger partial charge in [0.1, 0.15) is 11.6 Å². The van der Waals surface area contributed by atoms with E-state index in [1.165, 1.54) is 11.1 Å². The third-order valence-electron chi connectivity index (χ3n) is 6.17. The number of hydrogen-bond acceptors (Lipinski definition) is 4. The van der Waals surface area contributed by atoms with Crippen LogP contribution in [0.15, 0.2) is 30.3 Å².